The molecule has 0 amide bonds. The van der Waals surface area contributed by atoms with Crippen molar-refractivity contribution in [1.29, 1.82) is 0 Å². The van der Waals surface area contributed by atoms with E-state index in [1.165, 1.54) is 0 Å². The molecule has 0 bridgehead atoms. The summed E-state index contributed by atoms with van der Waals surface area (Å²) in [4.78, 5) is 0. The minimum atomic E-state index is -0.611. The van der Waals surface area contributed by atoms with Gasteiger partial charge in [-0.25, -0.2) is 0 Å². The van der Waals surface area contributed by atoms with Crippen molar-refractivity contribution in [2.24, 2.45) is 0 Å². The average Bonchev–Trinajstić information content (AvgIpc) is 0.722. The van der Waals surface area contributed by atoms with Gasteiger partial charge >= 0.3 is 27.3 Å². The summed E-state index contributed by atoms with van der Waals surface area (Å²) in [6.07, 6.45) is 0. The SMILES string of the molecule is C[Si](C)(C)C.[PbH2]. The molecule has 0 aliphatic heterocycles. The number of hydrogen-bond donors (Lipinski definition) is 0. The van der Waals surface area contributed by atoms with Gasteiger partial charge in [0, 0.05) is 8.07 Å². The van der Waals surface area contributed by atoms with Gasteiger partial charge in [0.2, 0.25) is 0 Å². The maximum absolute atomic E-state index is 2.33. The molecule has 2 radical (unpaired) electrons. The van der Waals surface area contributed by atoms with Gasteiger partial charge in [0.1, 0.15) is 0 Å². The molecule has 0 saturated heterocycles. The predicted octanol–water partition coefficient (Wildman–Crippen LogP) is 1.04. The molecule has 6 heavy (non-hydrogen) atoms. The fraction of sp³-hybridized carbons (Fsp3) is 1.00. The van der Waals surface area contributed by atoms with Crippen LogP contribution in [0.15, 0.2) is 0 Å². The third kappa shape index (κ3) is 67.9. The number of rotatable bonds is 0. The fourth-order valence-electron chi connectivity index (χ4n) is 0. The molecule has 0 aliphatic carbocycles. The molecule has 0 nitrogen and oxygen atoms in total. The molecule has 0 heterocycles. The van der Waals surface area contributed by atoms with Crippen molar-refractivity contribution in [2.45, 2.75) is 26.2 Å². The molecule has 0 atom stereocenters. The quantitative estimate of drug-likeness (QED) is 0.586. The van der Waals surface area contributed by atoms with Crippen LogP contribution in [-0.4, -0.2) is 35.4 Å². The molecule has 0 unspecified atom stereocenters. The van der Waals surface area contributed by atoms with Crippen LogP contribution < -0.4 is 0 Å². The van der Waals surface area contributed by atoms with Gasteiger partial charge in [-0.05, 0) is 0 Å². The van der Waals surface area contributed by atoms with Gasteiger partial charge in [-0.1, -0.05) is 26.2 Å². The van der Waals surface area contributed by atoms with E-state index in [1.807, 2.05) is 0 Å². The minimum absolute atomic E-state index is 0. The van der Waals surface area contributed by atoms with Crippen LogP contribution >= 0.6 is 0 Å². The molecular formula is C4H14PbSi. The molecule has 0 rings (SSSR count). The van der Waals surface area contributed by atoms with E-state index in [0.717, 1.165) is 0 Å². The summed E-state index contributed by atoms with van der Waals surface area (Å²) in [5, 5.41) is 0. The molecule has 0 saturated carbocycles. The van der Waals surface area contributed by atoms with E-state index in [0.29, 0.717) is 0 Å². The van der Waals surface area contributed by atoms with Crippen LogP contribution in [0.3, 0.4) is 0 Å². The second kappa shape index (κ2) is 3.18. The molecule has 0 aromatic heterocycles. The molecule has 0 fully saturated rings. The summed E-state index contributed by atoms with van der Waals surface area (Å²) < 4.78 is 0. The van der Waals surface area contributed by atoms with Crippen LogP contribution in [0, 0.1) is 0 Å². The summed E-state index contributed by atoms with van der Waals surface area (Å²) in [7, 11) is -0.611. The third-order valence-electron chi connectivity index (χ3n) is 0. The van der Waals surface area contributed by atoms with Crippen LogP contribution in [0.4, 0.5) is 0 Å². The molecular weight excluding hydrogens is 283 g/mol. The number of hydrogen-bond acceptors (Lipinski definition) is 0. The van der Waals surface area contributed by atoms with Crippen molar-refractivity contribution in [3.8, 4) is 0 Å². The van der Waals surface area contributed by atoms with Crippen molar-refractivity contribution in [1.82, 2.24) is 0 Å². The summed E-state index contributed by atoms with van der Waals surface area (Å²) in [6, 6.07) is 0. The summed E-state index contributed by atoms with van der Waals surface area (Å²) in [6.45, 7) is 9.31. The molecule has 0 spiro atoms. The first-order chi connectivity index (χ1) is 2.00. The average molecular weight is 297 g/mol. The van der Waals surface area contributed by atoms with Crippen LogP contribution in [0.25, 0.3) is 0 Å². The molecule has 0 aliphatic rings. The van der Waals surface area contributed by atoms with Crippen molar-refractivity contribution in [3.63, 3.8) is 0 Å². The van der Waals surface area contributed by atoms with E-state index in [4.69, 9.17) is 0 Å². The van der Waals surface area contributed by atoms with E-state index in [-0.39, 0.29) is 27.3 Å². The Morgan fingerprint density at radius 2 is 0.833 bits per heavy atom. The van der Waals surface area contributed by atoms with E-state index >= 15 is 0 Å². The van der Waals surface area contributed by atoms with Gasteiger partial charge in [0.05, 0.1) is 0 Å². The summed E-state index contributed by atoms with van der Waals surface area (Å²) >= 11 is 0. The first-order valence-corrected chi connectivity index (χ1v) is 6.00. The van der Waals surface area contributed by atoms with Crippen LogP contribution in [0.1, 0.15) is 0 Å². The van der Waals surface area contributed by atoms with E-state index < -0.39 is 8.07 Å². The Morgan fingerprint density at radius 1 is 0.833 bits per heavy atom. The summed E-state index contributed by atoms with van der Waals surface area (Å²) in [5.74, 6) is 0. The zero-order chi connectivity index (χ0) is 4.50. The van der Waals surface area contributed by atoms with Crippen molar-refractivity contribution >= 4 is 35.4 Å². The van der Waals surface area contributed by atoms with Gasteiger partial charge in [0.25, 0.3) is 0 Å². The first kappa shape index (κ1) is 10.2. The van der Waals surface area contributed by atoms with Crippen LogP contribution in [0.2, 0.25) is 26.2 Å². The van der Waals surface area contributed by atoms with Gasteiger partial charge in [-0.15, -0.1) is 0 Å². The zero-order valence-electron chi connectivity index (χ0n) is 5.21. The molecule has 2 heteroatoms. The summed E-state index contributed by atoms with van der Waals surface area (Å²) in [5.41, 5.74) is 0. The Labute approximate surface area is 61.5 Å². The second-order valence-electron chi connectivity index (χ2n) is 3.00. The van der Waals surface area contributed by atoms with Crippen molar-refractivity contribution in [3.05, 3.63) is 0 Å². The maximum atomic E-state index is 2.33. The fourth-order valence-corrected chi connectivity index (χ4v) is 0. The predicted molar refractivity (Wildman–Crippen MR) is 37.8 cm³/mol. The van der Waals surface area contributed by atoms with Crippen LogP contribution in [-0.2, 0) is 0 Å². The Bertz CT molecular complexity index is 23.0. The van der Waals surface area contributed by atoms with Crippen LogP contribution in [0.5, 0.6) is 0 Å². The zero-order valence-corrected chi connectivity index (χ0v) is 11.7. The van der Waals surface area contributed by atoms with Gasteiger partial charge < -0.3 is 0 Å². The Kier molecular flexibility index (Phi) is 5.40. The standard InChI is InChI=1S/C4H12Si.Pb.2H/c1-5(2,3)4;;;/h1-4H3;;;. The van der Waals surface area contributed by atoms with Gasteiger partial charge in [0.15, 0.2) is 0 Å². The third-order valence-corrected chi connectivity index (χ3v) is 0. The molecule has 38 valence electrons. The Hall–Kier alpha value is 1.14. The van der Waals surface area contributed by atoms with Gasteiger partial charge in [-0.2, -0.15) is 0 Å². The Morgan fingerprint density at radius 3 is 0.833 bits per heavy atom. The van der Waals surface area contributed by atoms with Crippen molar-refractivity contribution in [2.75, 3.05) is 0 Å². The monoisotopic (exact) mass is 298 g/mol. The Balaban J connectivity index is 0. The second-order valence-corrected chi connectivity index (χ2v) is 9.00. The van der Waals surface area contributed by atoms with E-state index in [1.54, 1.807) is 0 Å². The van der Waals surface area contributed by atoms with E-state index in [2.05, 4.69) is 26.2 Å². The van der Waals surface area contributed by atoms with E-state index in [9.17, 15) is 0 Å². The molecule has 0 N–H and O–H groups in total. The molecule has 0 aromatic carbocycles. The van der Waals surface area contributed by atoms with Gasteiger partial charge in [-0.3, -0.25) is 0 Å². The molecule has 0 aromatic rings. The van der Waals surface area contributed by atoms with Crippen molar-refractivity contribution < 1.29 is 0 Å². The first-order valence-electron chi connectivity index (χ1n) is 2.00. The normalized spacial score (nSPS) is 10.0. The topological polar surface area (TPSA) is 0 Å².